The molecule has 23 heavy (non-hydrogen) atoms. The molecule has 0 heterocycles. The lowest BCUT2D eigenvalue weighted by molar-refractivity contribution is 0.0973. The number of aryl methyl sites for hydroxylation is 1. The van der Waals surface area contributed by atoms with E-state index in [4.69, 9.17) is 17.0 Å². The summed E-state index contributed by atoms with van der Waals surface area (Å²) < 4.78 is 5.99. The SMILES string of the molecule is COc1ccc(Br)cc1C(=O)NC(=S)NCc1ccc(C)cc1. The van der Waals surface area contributed by atoms with E-state index < -0.39 is 0 Å². The molecule has 0 aliphatic carbocycles. The highest BCUT2D eigenvalue weighted by Gasteiger charge is 2.14. The highest BCUT2D eigenvalue weighted by atomic mass is 79.9. The fraction of sp³-hybridized carbons (Fsp3) is 0.176. The van der Waals surface area contributed by atoms with Gasteiger partial charge in [0.25, 0.3) is 5.91 Å². The number of rotatable bonds is 4. The minimum Gasteiger partial charge on any atom is -0.496 e. The molecule has 2 aromatic carbocycles. The molecule has 0 aromatic heterocycles. The summed E-state index contributed by atoms with van der Waals surface area (Å²) >= 11 is 8.52. The van der Waals surface area contributed by atoms with Gasteiger partial charge in [-0.15, -0.1) is 0 Å². The summed E-state index contributed by atoms with van der Waals surface area (Å²) in [6, 6.07) is 13.3. The Kier molecular flexibility index (Phi) is 6.12. The van der Waals surface area contributed by atoms with E-state index in [1.165, 1.54) is 12.7 Å². The lowest BCUT2D eigenvalue weighted by Crippen LogP contribution is -2.39. The van der Waals surface area contributed by atoms with Crippen molar-refractivity contribution in [2.45, 2.75) is 13.5 Å². The smallest absolute Gasteiger partial charge is 0.261 e. The standard InChI is InChI=1S/C17H17BrN2O2S/c1-11-3-5-12(6-4-11)10-19-17(23)20-16(21)14-9-13(18)7-8-15(14)22-2/h3-9H,10H2,1-2H3,(H2,19,20,21,23). The molecule has 1 amide bonds. The molecule has 0 bridgehead atoms. The van der Waals surface area contributed by atoms with Gasteiger partial charge in [-0.2, -0.15) is 0 Å². The number of carbonyl (C=O) groups excluding carboxylic acids is 1. The highest BCUT2D eigenvalue weighted by molar-refractivity contribution is 9.10. The van der Waals surface area contributed by atoms with Crippen molar-refractivity contribution in [3.05, 3.63) is 63.6 Å². The van der Waals surface area contributed by atoms with E-state index in [-0.39, 0.29) is 11.0 Å². The number of methoxy groups -OCH3 is 1. The number of thiocarbonyl (C=S) groups is 1. The second kappa shape index (κ2) is 8.08. The maximum atomic E-state index is 12.3. The first-order valence-corrected chi connectivity index (χ1v) is 8.18. The Bertz CT molecular complexity index is 717. The molecule has 0 radical (unpaired) electrons. The van der Waals surface area contributed by atoms with Gasteiger partial charge in [0.15, 0.2) is 5.11 Å². The molecule has 0 unspecified atom stereocenters. The van der Waals surface area contributed by atoms with Gasteiger partial charge in [-0.1, -0.05) is 45.8 Å². The monoisotopic (exact) mass is 392 g/mol. The van der Waals surface area contributed by atoms with E-state index in [1.807, 2.05) is 37.3 Å². The molecule has 0 spiro atoms. The average Bonchev–Trinajstić information content (AvgIpc) is 2.54. The fourth-order valence-corrected chi connectivity index (χ4v) is 2.49. The Balaban J connectivity index is 1.96. The van der Waals surface area contributed by atoms with Crippen molar-refractivity contribution < 1.29 is 9.53 Å². The van der Waals surface area contributed by atoms with Crippen LogP contribution in [0.1, 0.15) is 21.5 Å². The van der Waals surface area contributed by atoms with Crippen molar-refractivity contribution in [1.29, 1.82) is 0 Å². The van der Waals surface area contributed by atoms with Crippen molar-refractivity contribution in [1.82, 2.24) is 10.6 Å². The van der Waals surface area contributed by atoms with Gasteiger partial charge in [-0.3, -0.25) is 10.1 Å². The third-order valence-electron chi connectivity index (χ3n) is 3.21. The van der Waals surface area contributed by atoms with Gasteiger partial charge >= 0.3 is 0 Å². The van der Waals surface area contributed by atoms with Gasteiger partial charge in [0.1, 0.15) is 5.75 Å². The van der Waals surface area contributed by atoms with E-state index >= 15 is 0 Å². The Morgan fingerprint density at radius 3 is 2.57 bits per heavy atom. The molecule has 0 fully saturated rings. The number of hydrogen-bond acceptors (Lipinski definition) is 3. The van der Waals surface area contributed by atoms with Crippen LogP contribution in [0.4, 0.5) is 0 Å². The van der Waals surface area contributed by atoms with Gasteiger partial charge in [-0.05, 0) is 42.9 Å². The summed E-state index contributed by atoms with van der Waals surface area (Å²) in [5, 5.41) is 5.95. The Morgan fingerprint density at radius 2 is 1.91 bits per heavy atom. The summed E-state index contributed by atoms with van der Waals surface area (Å²) in [6.45, 7) is 2.59. The van der Waals surface area contributed by atoms with Crippen LogP contribution in [0.5, 0.6) is 5.75 Å². The zero-order chi connectivity index (χ0) is 16.8. The molecule has 4 nitrogen and oxygen atoms in total. The van der Waals surface area contributed by atoms with Crippen molar-refractivity contribution in [2.75, 3.05) is 7.11 Å². The molecule has 0 aliphatic heterocycles. The summed E-state index contributed by atoms with van der Waals surface area (Å²) in [5.74, 6) is 0.177. The van der Waals surface area contributed by atoms with Crippen molar-refractivity contribution in [3.8, 4) is 5.75 Å². The van der Waals surface area contributed by atoms with E-state index in [0.717, 1.165) is 10.0 Å². The first-order valence-electron chi connectivity index (χ1n) is 6.98. The van der Waals surface area contributed by atoms with Crippen LogP contribution in [-0.4, -0.2) is 18.1 Å². The Morgan fingerprint density at radius 1 is 1.22 bits per heavy atom. The van der Waals surface area contributed by atoms with E-state index in [2.05, 4.69) is 26.6 Å². The van der Waals surface area contributed by atoms with E-state index in [1.54, 1.807) is 12.1 Å². The third kappa shape index (κ3) is 5.04. The topological polar surface area (TPSA) is 50.4 Å². The Labute approximate surface area is 149 Å². The lowest BCUT2D eigenvalue weighted by Gasteiger charge is -2.12. The van der Waals surface area contributed by atoms with E-state index in [0.29, 0.717) is 17.9 Å². The second-order valence-electron chi connectivity index (χ2n) is 4.97. The van der Waals surface area contributed by atoms with Crippen LogP contribution in [0, 0.1) is 6.92 Å². The number of halogens is 1. The van der Waals surface area contributed by atoms with Crippen molar-refractivity contribution in [2.24, 2.45) is 0 Å². The summed E-state index contributed by atoms with van der Waals surface area (Å²) in [4.78, 5) is 12.3. The average molecular weight is 393 g/mol. The number of amides is 1. The molecular formula is C17H17BrN2O2S. The number of carbonyl (C=O) groups is 1. The summed E-state index contributed by atoms with van der Waals surface area (Å²) in [5.41, 5.74) is 2.71. The highest BCUT2D eigenvalue weighted by Crippen LogP contribution is 2.22. The minimum atomic E-state index is -0.315. The molecular weight excluding hydrogens is 376 g/mol. The van der Waals surface area contributed by atoms with Crippen molar-refractivity contribution >= 4 is 39.2 Å². The maximum absolute atomic E-state index is 12.3. The predicted molar refractivity (Wildman–Crippen MR) is 98.8 cm³/mol. The zero-order valence-corrected chi connectivity index (χ0v) is 15.3. The zero-order valence-electron chi connectivity index (χ0n) is 12.9. The minimum absolute atomic E-state index is 0.276. The van der Waals surface area contributed by atoms with Crippen LogP contribution < -0.4 is 15.4 Å². The second-order valence-corrected chi connectivity index (χ2v) is 6.29. The van der Waals surface area contributed by atoms with Crippen LogP contribution in [0.2, 0.25) is 0 Å². The fourth-order valence-electron chi connectivity index (χ4n) is 1.96. The normalized spacial score (nSPS) is 10.0. The molecule has 2 N–H and O–H groups in total. The van der Waals surface area contributed by atoms with Gasteiger partial charge in [0, 0.05) is 11.0 Å². The number of ether oxygens (including phenoxy) is 1. The first kappa shape index (κ1) is 17.4. The quantitative estimate of drug-likeness (QED) is 0.780. The van der Waals surface area contributed by atoms with Crippen LogP contribution in [0.25, 0.3) is 0 Å². The van der Waals surface area contributed by atoms with Gasteiger partial charge in [0.2, 0.25) is 0 Å². The van der Waals surface area contributed by atoms with E-state index in [9.17, 15) is 4.79 Å². The molecule has 2 rings (SSSR count). The molecule has 2 aromatic rings. The van der Waals surface area contributed by atoms with Gasteiger partial charge in [0.05, 0.1) is 12.7 Å². The van der Waals surface area contributed by atoms with Gasteiger partial charge < -0.3 is 10.1 Å². The maximum Gasteiger partial charge on any atom is 0.261 e. The van der Waals surface area contributed by atoms with Crippen LogP contribution in [0.15, 0.2) is 46.9 Å². The summed E-state index contributed by atoms with van der Waals surface area (Å²) in [7, 11) is 1.52. The molecule has 120 valence electrons. The molecule has 0 atom stereocenters. The molecule has 0 aliphatic rings. The summed E-state index contributed by atoms with van der Waals surface area (Å²) in [6.07, 6.45) is 0. The van der Waals surface area contributed by atoms with Crippen LogP contribution >= 0.6 is 28.1 Å². The predicted octanol–water partition coefficient (Wildman–Crippen LogP) is 3.57. The largest absolute Gasteiger partial charge is 0.496 e. The van der Waals surface area contributed by atoms with Crippen molar-refractivity contribution in [3.63, 3.8) is 0 Å². The van der Waals surface area contributed by atoms with Crippen LogP contribution in [-0.2, 0) is 6.54 Å². The Hall–Kier alpha value is -1.92. The molecule has 0 saturated heterocycles. The number of benzene rings is 2. The number of hydrogen-bond donors (Lipinski definition) is 2. The third-order valence-corrected chi connectivity index (χ3v) is 3.95. The van der Waals surface area contributed by atoms with Crippen LogP contribution in [0.3, 0.4) is 0 Å². The lowest BCUT2D eigenvalue weighted by atomic mass is 10.1. The molecule has 6 heteroatoms. The molecule has 0 saturated carbocycles. The van der Waals surface area contributed by atoms with Gasteiger partial charge in [-0.25, -0.2) is 0 Å². The first-order chi connectivity index (χ1) is 11.0. The number of nitrogens with one attached hydrogen (secondary N) is 2.